The van der Waals surface area contributed by atoms with Crippen LogP contribution in [0.3, 0.4) is 0 Å². The molecule has 4 rings (SSSR count). The Morgan fingerprint density at radius 3 is 2.88 bits per heavy atom. The van der Waals surface area contributed by atoms with Crippen molar-refractivity contribution in [3.05, 3.63) is 18.7 Å². The molecule has 126 valence electrons. The van der Waals surface area contributed by atoms with E-state index < -0.39 is 12.8 Å². The molecule has 1 aliphatic rings. The predicted molar refractivity (Wildman–Crippen MR) is 76.6 cm³/mol. The lowest BCUT2D eigenvalue weighted by molar-refractivity contribution is -0.153. The third kappa shape index (κ3) is 2.96. The number of aromatic nitrogens is 6. The highest BCUT2D eigenvalue weighted by molar-refractivity contribution is 5.73. The average Bonchev–Trinajstić information content (AvgIpc) is 3.00. The Bertz CT molecular complexity index is 854. The molecule has 0 aromatic carbocycles. The van der Waals surface area contributed by atoms with Gasteiger partial charge in [-0.3, -0.25) is 5.10 Å². The van der Waals surface area contributed by atoms with Crippen molar-refractivity contribution in [1.82, 2.24) is 29.8 Å². The molecule has 1 fully saturated rings. The summed E-state index contributed by atoms with van der Waals surface area (Å²) in [5.74, 6) is 0.244. The van der Waals surface area contributed by atoms with Gasteiger partial charge in [0.15, 0.2) is 12.4 Å². The van der Waals surface area contributed by atoms with Crippen LogP contribution in [0.1, 0.15) is 12.8 Å². The Kier molecular flexibility index (Phi) is 3.28. The monoisotopic (exact) mass is 339 g/mol. The Morgan fingerprint density at radius 2 is 2.21 bits per heavy atom. The molecule has 1 saturated carbocycles. The zero-order valence-corrected chi connectivity index (χ0v) is 12.2. The molecule has 3 aromatic heterocycles. The van der Waals surface area contributed by atoms with Crippen LogP contribution < -0.4 is 10.1 Å². The van der Waals surface area contributed by atoms with E-state index in [0.717, 1.165) is 12.8 Å². The number of rotatable bonds is 5. The number of halogens is 3. The van der Waals surface area contributed by atoms with E-state index in [4.69, 9.17) is 4.74 Å². The second-order valence-corrected chi connectivity index (χ2v) is 5.44. The number of fused-ring (bicyclic) bond motifs is 1. The first kappa shape index (κ1) is 14.7. The minimum absolute atomic E-state index is 0.0902. The molecule has 0 atom stereocenters. The summed E-state index contributed by atoms with van der Waals surface area (Å²) in [6.45, 7) is -1.45. The minimum Gasteiger partial charge on any atom is -0.478 e. The predicted octanol–water partition coefficient (Wildman–Crippen LogP) is 2.03. The van der Waals surface area contributed by atoms with Gasteiger partial charge in [-0.1, -0.05) is 0 Å². The molecule has 0 unspecified atom stereocenters. The normalized spacial score (nSPS) is 15.0. The second-order valence-electron chi connectivity index (χ2n) is 5.44. The topological polar surface area (TPSA) is 93.0 Å². The van der Waals surface area contributed by atoms with Crippen LogP contribution in [0.5, 0.6) is 5.75 Å². The number of nitrogens with zero attached hydrogens (tertiary/aromatic N) is 5. The zero-order valence-electron chi connectivity index (χ0n) is 12.2. The first-order chi connectivity index (χ1) is 11.5. The third-order valence-corrected chi connectivity index (χ3v) is 3.41. The quantitative estimate of drug-likeness (QED) is 0.739. The Morgan fingerprint density at radius 1 is 1.38 bits per heavy atom. The van der Waals surface area contributed by atoms with Gasteiger partial charge in [0.25, 0.3) is 0 Å². The van der Waals surface area contributed by atoms with Crippen molar-refractivity contribution in [3.63, 3.8) is 0 Å². The van der Waals surface area contributed by atoms with E-state index >= 15 is 0 Å². The van der Waals surface area contributed by atoms with E-state index in [9.17, 15) is 13.2 Å². The SMILES string of the molecule is FC(F)(F)COc1c(-c2cn[nH]c2)ncn2nc(NC3CC3)nc12. The van der Waals surface area contributed by atoms with Gasteiger partial charge in [-0.25, -0.2) is 4.98 Å². The third-order valence-electron chi connectivity index (χ3n) is 3.41. The summed E-state index contributed by atoms with van der Waals surface area (Å²) in [4.78, 5) is 8.38. The van der Waals surface area contributed by atoms with Gasteiger partial charge >= 0.3 is 6.18 Å². The van der Waals surface area contributed by atoms with Crippen LogP contribution in [0.4, 0.5) is 19.1 Å². The van der Waals surface area contributed by atoms with Crippen LogP contribution in [-0.4, -0.2) is 48.6 Å². The van der Waals surface area contributed by atoms with Crippen LogP contribution in [0.2, 0.25) is 0 Å². The number of anilines is 1. The zero-order chi connectivity index (χ0) is 16.7. The number of hydrogen-bond acceptors (Lipinski definition) is 6. The first-order valence-corrected chi connectivity index (χ1v) is 7.20. The molecule has 0 spiro atoms. The number of nitrogens with one attached hydrogen (secondary N) is 2. The highest BCUT2D eigenvalue weighted by Crippen LogP contribution is 2.33. The molecule has 8 nitrogen and oxygen atoms in total. The number of alkyl halides is 3. The van der Waals surface area contributed by atoms with E-state index in [1.54, 1.807) is 0 Å². The molecule has 1 aliphatic carbocycles. The van der Waals surface area contributed by atoms with Crippen LogP contribution >= 0.6 is 0 Å². The maximum atomic E-state index is 12.6. The summed E-state index contributed by atoms with van der Waals surface area (Å²) in [6.07, 6.45) is 1.90. The van der Waals surface area contributed by atoms with Crippen molar-refractivity contribution in [1.29, 1.82) is 0 Å². The molecule has 0 bridgehead atoms. The van der Waals surface area contributed by atoms with Crippen molar-refractivity contribution in [2.45, 2.75) is 25.1 Å². The summed E-state index contributed by atoms with van der Waals surface area (Å²) in [6, 6.07) is 0.309. The number of ether oxygens (including phenoxy) is 1. The summed E-state index contributed by atoms with van der Waals surface area (Å²) in [5.41, 5.74) is 0.869. The highest BCUT2D eigenvalue weighted by Gasteiger charge is 2.30. The van der Waals surface area contributed by atoms with Gasteiger partial charge < -0.3 is 10.1 Å². The minimum atomic E-state index is -4.48. The Hall–Kier alpha value is -2.85. The molecule has 0 amide bonds. The van der Waals surface area contributed by atoms with Gasteiger partial charge in [0.2, 0.25) is 11.6 Å². The molecule has 3 heterocycles. The smallest absolute Gasteiger partial charge is 0.422 e. The van der Waals surface area contributed by atoms with Gasteiger partial charge in [-0.15, -0.1) is 5.10 Å². The van der Waals surface area contributed by atoms with Crippen molar-refractivity contribution in [3.8, 4) is 17.0 Å². The fourth-order valence-electron chi connectivity index (χ4n) is 2.18. The fraction of sp³-hybridized carbons (Fsp3) is 0.385. The fourth-order valence-corrected chi connectivity index (χ4v) is 2.18. The lowest BCUT2D eigenvalue weighted by atomic mass is 10.2. The number of aromatic amines is 1. The molecule has 0 radical (unpaired) electrons. The van der Waals surface area contributed by atoms with E-state index in [-0.39, 0.29) is 17.1 Å². The van der Waals surface area contributed by atoms with Crippen LogP contribution in [0.25, 0.3) is 16.9 Å². The van der Waals surface area contributed by atoms with Gasteiger partial charge in [-0.2, -0.15) is 27.8 Å². The Balaban J connectivity index is 1.78. The summed E-state index contributed by atoms with van der Waals surface area (Å²) in [5, 5.41) is 13.6. The molecule has 2 N–H and O–H groups in total. The maximum Gasteiger partial charge on any atom is 0.422 e. The molecule has 3 aromatic rings. The molecule has 11 heteroatoms. The van der Waals surface area contributed by atoms with Crippen molar-refractivity contribution in [2.24, 2.45) is 0 Å². The van der Waals surface area contributed by atoms with Crippen molar-refractivity contribution < 1.29 is 17.9 Å². The maximum absolute atomic E-state index is 12.6. The Labute approximate surface area is 133 Å². The van der Waals surface area contributed by atoms with Crippen LogP contribution in [0, 0.1) is 0 Å². The lowest BCUT2D eigenvalue weighted by Crippen LogP contribution is -2.20. The van der Waals surface area contributed by atoms with Gasteiger partial charge in [-0.05, 0) is 12.8 Å². The highest BCUT2D eigenvalue weighted by atomic mass is 19.4. The van der Waals surface area contributed by atoms with Crippen molar-refractivity contribution >= 4 is 11.6 Å². The van der Waals surface area contributed by atoms with E-state index in [1.807, 2.05) is 0 Å². The van der Waals surface area contributed by atoms with E-state index in [1.165, 1.54) is 23.2 Å². The van der Waals surface area contributed by atoms with Gasteiger partial charge in [0, 0.05) is 17.8 Å². The molecular formula is C13H12F3N7O. The second kappa shape index (κ2) is 5.35. The molecule has 24 heavy (non-hydrogen) atoms. The lowest BCUT2D eigenvalue weighted by Gasteiger charge is -2.12. The largest absolute Gasteiger partial charge is 0.478 e. The average molecular weight is 339 g/mol. The molecule has 0 aliphatic heterocycles. The van der Waals surface area contributed by atoms with Gasteiger partial charge in [0.1, 0.15) is 12.0 Å². The summed E-state index contributed by atoms with van der Waals surface area (Å²) >= 11 is 0. The van der Waals surface area contributed by atoms with Gasteiger partial charge in [0.05, 0.1) is 6.20 Å². The van der Waals surface area contributed by atoms with Crippen LogP contribution in [0.15, 0.2) is 18.7 Å². The number of hydrogen-bond donors (Lipinski definition) is 2. The van der Waals surface area contributed by atoms with Crippen molar-refractivity contribution in [2.75, 3.05) is 11.9 Å². The van der Waals surface area contributed by atoms with E-state index in [2.05, 4.69) is 30.6 Å². The van der Waals surface area contributed by atoms with Crippen LogP contribution in [-0.2, 0) is 0 Å². The standard InChI is InChI=1S/C13H12F3N7O/c14-13(15,16)5-24-10-9(7-3-18-19-4-7)17-6-23-11(10)21-12(22-23)20-8-1-2-8/h3-4,6,8H,1-2,5H2,(H,18,19)(H,20,22). The first-order valence-electron chi connectivity index (χ1n) is 7.20. The summed E-state index contributed by atoms with van der Waals surface area (Å²) < 4.78 is 44.0. The molecule has 0 saturated heterocycles. The van der Waals surface area contributed by atoms with E-state index in [0.29, 0.717) is 17.6 Å². The summed E-state index contributed by atoms with van der Waals surface area (Å²) in [7, 11) is 0. The molecular weight excluding hydrogens is 327 g/mol. The number of H-pyrrole nitrogens is 1.